The van der Waals surface area contributed by atoms with E-state index in [-0.39, 0.29) is 19.3 Å². The zero-order valence-corrected chi connectivity index (χ0v) is 18.5. The summed E-state index contributed by atoms with van der Waals surface area (Å²) in [4.78, 5) is 15.9. The van der Waals surface area contributed by atoms with Gasteiger partial charge in [-0.2, -0.15) is 0 Å². The average molecular weight is 451 g/mol. The number of hydrogen-bond donors (Lipinski definition) is 0. The standard InChI is InChI=1S/C28H21NO5/c1-17-6-2-3-7-19(17)23-11-10-18(34-23)14-29-22-9-5-4-8-20(22)28(27(29)30)15-31-24-13-26-25(12-21(24)28)32-16-33-26/h2-13H,14-16H2,1H3. The maximum Gasteiger partial charge on any atom is 0.246 e. The van der Waals surface area contributed by atoms with Gasteiger partial charge in [0.25, 0.3) is 0 Å². The molecule has 4 heterocycles. The van der Waals surface area contributed by atoms with Crippen molar-refractivity contribution in [1.82, 2.24) is 0 Å². The van der Waals surface area contributed by atoms with E-state index >= 15 is 0 Å². The van der Waals surface area contributed by atoms with Gasteiger partial charge in [0, 0.05) is 22.9 Å². The third kappa shape index (κ3) is 2.53. The van der Waals surface area contributed by atoms with Crippen LogP contribution in [0.25, 0.3) is 11.3 Å². The summed E-state index contributed by atoms with van der Waals surface area (Å²) in [5.41, 5.74) is 3.89. The second-order valence-corrected chi connectivity index (χ2v) is 8.88. The largest absolute Gasteiger partial charge is 0.491 e. The number of fused-ring (bicyclic) bond motifs is 5. The van der Waals surface area contributed by atoms with E-state index in [1.165, 1.54) is 0 Å². The first-order valence-corrected chi connectivity index (χ1v) is 11.3. The molecule has 1 aromatic heterocycles. The molecule has 3 aromatic carbocycles. The molecular formula is C28H21NO5. The Morgan fingerprint density at radius 1 is 0.853 bits per heavy atom. The monoisotopic (exact) mass is 451 g/mol. The molecule has 0 saturated heterocycles. The lowest BCUT2D eigenvalue weighted by Gasteiger charge is -2.22. The van der Waals surface area contributed by atoms with Gasteiger partial charge in [-0.3, -0.25) is 4.79 Å². The predicted molar refractivity (Wildman–Crippen MR) is 125 cm³/mol. The summed E-state index contributed by atoms with van der Waals surface area (Å²) >= 11 is 0. The van der Waals surface area contributed by atoms with Crippen LogP contribution in [0.2, 0.25) is 0 Å². The Bertz CT molecular complexity index is 1470. The van der Waals surface area contributed by atoms with E-state index in [1.54, 1.807) is 4.90 Å². The van der Waals surface area contributed by atoms with Crippen LogP contribution in [0, 0.1) is 6.92 Å². The Morgan fingerprint density at radius 2 is 1.65 bits per heavy atom. The van der Waals surface area contributed by atoms with Gasteiger partial charge in [-0.05, 0) is 42.3 Å². The fraction of sp³-hybridized carbons (Fsp3) is 0.179. The van der Waals surface area contributed by atoms with Crippen molar-refractivity contribution in [3.8, 4) is 28.6 Å². The van der Waals surface area contributed by atoms with Crippen LogP contribution in [-0.4, -0.2) is 19.3 Å². The molecule has 0 bridgehead atoms. The van der Waals surface area contributed by atoms with Gasteiger partial charge in [-0.1, -0.05) is 42.5 Å². The van der Waals surface area contributed by atoms with Crippen molar-refractivity contribution in [3.05, 3.63) is 95.2 Å². The number of anilines is 1. The molecule has 34 heavy (non-hydrogen) atoms. The summed E-state index contributed by atoms with van der Waals surface area (Å²) in [7, 11) is 0. The number of rotatable bonds is 3. The first kappa shape index (κ1) is 19.3. The Hall–Kier alpha value is -4.19. The normalized spacial score (nSPS) is 19.4. The molecule has 0 radical (unpaired) electrons. The molecule has 7 rings (SSSR count). The topological polar surface area (TPSA) is 61.1 Å². The van der Waals surface area contributed by atoms with Gasteiger partial charge in [0.05, 0.1) is 6.54 Å². The van der Waals surface area contributed by atoms with Gasteiger partial charge in [0.1, 0.15) is 29.3 Å². The number of nitrogens with zero attached hydrogens (tertiary/aromatic N) is 1. The number of hydrogen-bond acceptors (Lipinski definition) is 5. The highest BCUT2D eigenvalue weighted by molar-refractivity contribution is 6.11. The highest BCUT2D eigenvalue weighted by atomic mass is 16.7. The zero-order chi connectivity index (χ0) is 22.9. The predicted octanol–water partition coefficient (Wildman–Crippen LogP) is 5.21. The summed E-state index contributed by atoms with van der Waals surface area (Å²) < 4.78 is 23.4. The third-order valence-corrected chi connectivity index (χ3v) is 7.03. The second-order valence-electron chi connectivity index (χ2n) is 8.88. The van der Waals surface area contributed by atoms with Crippen LogP contribution in [0.1, 0.15) is 22.5 Å². The number of amides is 1. The lowest BCUT2D eigenvalue weighted by atomic mass is 9.77. The van der Waals surface area contributed by atoms with Crippen molar-refractivity contribution >= 4 is 11.6 Å². The lowest BCUT2D eigenvalue weighted by molar-refractivity contribution is -0.122. The Morgan fingerprint density at radius 3 is 2.53 bits per heavy atom. The van der Waals surface area contributed by atoms with Crippen molar-refractivity contribution < 1.29 is 23.4 Å². The second kappa shape index (κ2) is 6.90. The van der Waals surface area contributed by atoms with Gasteiger partial charge in [-0.25, -0.2) is 0 Å². The summed E-state index contributed by atoms with van der Waals surface area (Å²) in [5.74, 6) is 3.44. The number of furan rings is 1. The van der Waals surface area contributed by atoms with Gasteiger partial charge >= 0.3 is 0 Å². The number of para-hydroxylation sites is 1. The van der Waals surface area contributed by atoms with Gasteiger partial charge in [0.15, 0.2) is 11.5 Å². The molecule has 3 aliphatic rings. The summed E-state index contributed by atoms with van der Waals surface area (Å²) in [6, 6.07) is 23.7. The minimum atomic E-state index is -0.918. The van der Waals surface area contributed by atoms with Crippen molar-refractivity contribution in [1.29, 1.82) is 0 Å². The smallest absolute Gasteiger partial charge is 0.246 e. The van der Waals surface area contributed by atoms with Crippen LogP contribution in [0.3, 0.4) is 0 Å². The quantitative estimate of drug-likeness (QED) is 0.428. The molecule has 1 amide bonds. The Balaban J connectivity index is 1.29. The molecule has 0 aliphatic carbocycles. The van der Waals surface area contributed by atoms with Crippen LogP contribution in [0.5, 0.6) is 17.2 Å². The van der Waals surface area contributed by atoms with Crippen LogP contribution >= 0.6 is 0 Å². The minimum absolute atomic E-state index is 0.0276. The number of aryl methyl sites for hydroxylation is 1. The first-order valence-electron chi connectivity index (χ1n) is 11.3. The number of carbonyl (C=O) groups excluding carboxylic acids is 1. The van der Waals surface area contributed by atoms with Crippen LogP contribution in [-0.2, 0) is 16.8 Å². The molecule has 1 spiro atoms. The maximum atomic E-state index is 14.1. The van der Waals surface area contributed by atoms with Gasteiger partial charge in [-0.15, -0.1) is 0 Å². The van der Waals surface area contributed by atoms with E-state index in [0.717, 1.165) is 39.5 Å². The SMILES string of the molecule is Cc1ccccc1-c1ccc(CN2C(=O)C3(COc4cc5c(cc43)OCO5)c3ccccc32)o1. The van der Waals surface area contributed by atoms with Gasteiger partial charge in [0.2, 0.25) is 12.7 Å². The van der Waals surface area contributed by atoms with Crippen molar-refractivity contribution in [2.24, 2.45) is 0 Å². The fourth-order valence-electron chi connectivity index (χ4n) is 5.33. The van der Waals surface area contributed by atoms with E-state index in [1.807, 2.05) is 66.7 Å². The molecule has 3 aliphatic heterocycles. The molecule has 1 atom stereocenters. The van der Waals surface area contributed by atoms with Crippen LogP contribution in [0.4, 0.5) is 5.69 Å². The Kier molecular flexibility index (Phi) is 3.92. The molecule has 168 valence electrons. The lowest BCUT2D eigenvalue weighted by Crippen LogP contribution is -2.42. The van der Waals surface area contributed by atoms with Crippen LogP contribution in [0.15, 0.2) is 77.2 Å². The third-order valence-electron chi connectivity index (χ3n) is 7.03. The van der Waals surface area contributed by atoms with Crippen molar-refractivity contribution in [2.45, 2.75) is 18.9 Å². The van der Waals surface area contributed by atoms with E-state index in [2.05, 4.69) is 13.0 Å². The zero-order valence-electron chi connectivity index (χ0n) is 18.5. The maximum absolute atomic E-state index is 14.1. The molecule has 0 N–H and O–H groups in total. The molecule has 4 aromatic rings. The summed E-state index contributed by atoms with van der Waals surface area (Å²) in [5, 5.41) is 0. The van der Waals surface area contributed by atoms with Crippen molar-refractivity contribution in [3.63, 3.8) is 0 Å². The highest BCUT2D eigenvalue weighted by Crippen LogP contribution is 2.55. The van der Waals surface area contributed by atoms with E-state index < -0.39 is 5.41 Å². The molecule has 0 saturated carbocycles. The first-order chi connectivity index (χ1) is 16.6. The molecular weight excluding hydrogens is 430 g/mol. The minimum Gasteiger partial charge on any atom is -0.491 e. The average Bonchev–Trinajstić information content (AvgIpc) is 3.63. The molecule has 0 fully saturated rings. The van der Waals surface area contributed by atoms with E-state index in [9.17, 15) is 4.79 Å². The number of ether oxygens (including phenoxy) is 3. The van der Waals surface area contributed by atoms with Gasteiger partial charge < -0.3 is 23.5 Å². The molecule has 1 unspecified atom stereocenters. The molecule has 6 nitrogen and oxygen atoms in total. The molecule has 6 heteroatoms. The summed E-state index contributed by atoms with van der Waals surface area (Å²) in [6.45, 7) is 2.81. The highest BCUT2D eigenvalue weighted by Gasteiger charge is 2.57. The Labute approximate surface area is 196 Å². The van der Waals surface area contributed by atoms with Crippen LogP contribution < -0.4 is 19.1 Å². The van der Waals surface area contributed by atoms with Crippen molar-refractivity contribution in [2.75, 3.05) is 18.3 Å². The number of benzene rings is 3. The summed E-state index contributed by atoms with van der Waals surface area (Å²) in [6.07, 6.45) is 0. The fourth-order valence-corrected chi connectivity index (χ4v) is 5.33. The number of carbonyl (C=O) groups is 1. The van der Waals surface area contributed by atoms with E-state index in [0.29, 0.717) is 23.8 Å². The van der Waals surface area contributed by atoms with E-state index in [4.69, 9.17) is 18.6 Å².